The van der Waals surface area contributed by atoms with E-state index in [2.05, 4.69) is 26.2 Å². The normalized spacial score (nSPS) is 15.2. The van der Waals surface area contributed by atoms with Gasteiger partial charge in [0, 0.05) is 10.0 Å². The topological polar surface area (TPSA) is 41.5 Å². The fourth-order valence-electron chi connectivity index (χ4n) is 2.26. The van der Waals surface area contributed by atoms with Crippen LogP contribution in [-0.4, -0.2) is 11.6 Å². The first-order chi connectivity index (χ1) is 9.97. The van der Waals surface area contributed by atoms with Crippen LogP contribution in [0.25, 0.3) is 0 Å². The average molecular weight is 364 g/mol. The van der Waals surface area contributed by atoms with Crippen molar-refractivity contribution in [1.82, 2.24) is 0 Å². The number of carbonyl (C=O) groups is 1. The van der Waals surface area contributed by atoms with Crippen molar-refractivity contribution in [1.29, 1.82) is 0 Å². The molecule has 0 radical (unpaired) electrons. The van der Waals surface area contributed by atoms with Gasteiger partial charge in [-0.3, -0.25) is 4.79 Å². The Labute approximate surface area is 136 Å². The lowest BCUT2D eigenvalue weighted by atomic mass is 10.1. The van der Waals surface area contributed by atoms with Crippen LogP contribution in [0, 0.1) is 13.8 Å². The molecule has 0 spiro atoms. The highest BCUT2D eigenvalue weighted by Gasteiger charge is 2.27. The molecular formula is C16H12BrClN2O. The van der Waals surface area contributed by atoms with Gasteiger partial charge in [-0.1, -0.05) is 39.7 Å². The van der Waals surface area contributed by atoms with Gasteiger partial charge in [-0.25, -0.2) is 4.99 Å². The van der Waals surface area contributed by atoms with Gasteiger partial charge in [-0.15, -0.1) is 0 Å². The number of rotatable bonds is 1. The number of benzene rings is 2. The molecule has 0 aromatic heterocycles. The third-order valence-corrected chi connectivity index (χ3v) is 4.60. The van der Waals surface area contributed by atoms with Gasteiger partial charge in [0.15, 0.2) is 0 Å². The molecule has 0 saturated heterocycles. The summed E-state index contributed by atoms with van der Waals surface area (Å²) in [5.41, 5.74) is 4.64. The molecule has 5 heteroatoms. The summed E-state index contributed by atoms with van der Waals surface area (Å²) >= 11 is 9.60. The fourth-order valence-corrected chi connectivity index (χ4v) is 2.94. The smallest absolute Gasteiger partial charge is 0.275 e. The van der Waals surface area contributed by atoms with Crippen molar-refractivity contribution in [2.75, 3.05) is 5.32 Å². The van der Waals surface area contributed by atoms with Crippen molar-refractivity contribution < 1.29 is 4.79 Å². The molecule has 21 heavy (non-hydrogen) atoms. The lowest BCUT2D eigenvalue weighted by molar-refractivity contribution is -0.110. The summed E-state index contributed by atoms with van der Waals surface area (Å²) < 4.78 is 1.03. The Morgan fingerprint density at radius 1 is 1.19 bits per heavy atom. The van der Waals surface area contributed by atoms with E-state index in [1.807, 2.05) is 38.1 Å². The molecule has 0 atom stereocenters. The molecule has 0 aliphatic carbocycles. The van der Waals surface area contributed by atoms with Gasteiger partial charge in [0.25, 0.3) is 5.91 Å². The summed E-state index contributed by atoms with van der Waals surface area (Å²) in [4.78, 5) is 16.7. The van der Waals surface area contributed by atoms with Crippen LogP contribution < -0.4 is 5.32 Å². The predicted octanol–water partition coefficient (Wildman–Crippen LogP) is 4.79. The summed E-state index contributed by atoms with van der Waals surface area (Å²) in [6.45, 7) is 3.96. The highest BCUT2D eigenvalue weighted by atomic mass is 79.9. The quantitative estimate of drug-likeness (QED) is 0.777. The fraction of sp³-hybridized carbons (Fsp3) is 0.125. The van der Waals surface area contributed by atoms with Crippen molar-refractivity contribution in [3.8, 4) is 0 Å². The van der Waals surface area contributed by atoms with E-state index in [9.17, 15) is 4.79 Å². The molecule has 2 aromatic rings. The van der Waals surface area contributed by atoms with Gasteiger partial charge in [-0.2, -0.15) is 0 Å². The third-order valence-electron chi connectivity index (χ3n) is 3.43. The SMILES string of the molecule is Cc1cc(N=C2C(=O)Nc3c(Cl)cccc32)c(C)cc1Br. The molecule has 1 aliphatic rings. The molecule has 0 saturated carbocycles. The molecule has 0 unspecified atom stereocenters. The van der Waals surface area contributed by atoms with Crippen LogP contribution in [0.5, 0.6) is 0 Å². The van der Waals surface area contributed by atoms with Crippen molar-refractivity contribution >= 4 is 50.5 Å². The van der Waals surface area contributed by atoms with Gasteiger partial charge in [0.1, 0.15) is 5.71 Å². The number of hydrogen-bond acceptors (Lipinski definition) is 2. The number of fused-ring (bicyclic) bond motifs is 1. The third kappa shape index (κ3) is 2.49. The van der Waals surface area contributed by atoms with Crippen LogP contribution in [-0.2, 0) is 4.79 Å². The molecule has 1 aliphatic heterocycles. The van der Waals surface area contributed by atoms with Crippen molar-refractivity contribution in [2.24, 2.45) is 4.99 Å². The highest BCUT2D eigenvalue weighted by Crippen LogP contribution is 2.33. The van der Waals surface area contributed by atoms with Crippen LogP contribution >= 0.6 is 27.5 Å². The van der Waals surface area contributed by atoms with E-state index in [0.29, 0.717) is 16.4 Å². The molecule has 1 heterocycles. The zero-order valence-corrected chi connectivity index (χ0v) is 13.8. The maximum absolute atomic E-state index is 12.1. The van der Waals surface area contributed by atoms with Crippen LogP contribution in [0.4, 0.5) is 11.4 Å². The van der Waals surface area contributed by atoms with E-state index in [0.717, 1.165) is 26.9 Å². The highest BCUT2D eigenvalue weighted by molar-refractivity contribution is 9.10. The number of hydrogen-bond donors (Lipinski definition) is 1. The van der Waals surface area contributed by atoms with Crippen molar-refractivity contribution in [3.63, 3.8) is 0 Å². The zero-order valence-electron chi connectivity index (χ0n) is 11.5. The Kier molecular flexibility index (Phi) is 3.59. The van der Waals surface area contributed by atoms with Crippen molar-refractivity contribution in [2.45, 2.75) is 13.8 Å². The van der Waals surface area contributed by atoms with E-state index in [1.54, 1.807) is 6.07 Å². The number of aliphatic imine (C=N–C) groups is 1. The Bertz CT molecular complexity index is 799. The minimum absolute atomic E-state index is 0.224. The van der Waals surface area contributed by atoms with Crippen LogP contribution in [0.2, 0.25) is 5.02 Å². The minimum Gasteiger partial charge on any atom is -0.319 e. The van der Waals surface area contributed by atoms with Gasteiger partial charge in [0.05, 0.1) is 16.4 Å². The van der Waals surface area contributed by atoms with Crippen LogP contribution in [0.3, 0.4) is 0 Å². The number of anilines is 1. The largest absolute Gasteiger partial charge is 0.319 e. The molecule has 3 nitrogen and oxygen atoms in total. The first-order valence-corrected chi connectivity index (χ1v) is 7.60. The van der Waals surface area contributed by atoms with E-state index >= 15 is 0 Å². The summed E-state index contributed by atoms with van der Waals surface area (Å²) in [5.74, 6) is -0.224. The summed E-state index contributed by atoms with van der Waals surface area (Å²) in [6, 6.07) is 9.37. The van der Waals surface area contributed by atoms with E-state index in [4.69, 9.17) is 11.6 Å². The molecule has 1 N–H and O–H groups in total. The Balaban J connectivity index is 2.16. The summed E-state index contributed by atoms with van der Waals surface area (Å²) in [5, 5.41) is 3.29. The second-order valence-corrected chi connectivity index (χ2v) is 6.23. The standard InChI is InChI=1S/C16H12BrClN2O/c1-8-7-13(9(2)6-11(8)17)19-15-10-4-3-5-12(18)14(10)20-16(15)21/h3-7H,1-2H3,(H,19,20,21). The lowest BCUT2D eigenvalue weighted by Gasteiger charge is -2.05. The first-order valence-electron chi connectivity index (χ1n) is 6.43. The zero-order chi connectivity index (χ0) is 15.1. The number of amides is 1. The van der Waals surface area contributed by atoms with Gasteiger partial charge in [-0.05, 0) is 43.2 Å². The Morgan fingerprint density at radius 2 is 1.95 bits per heavy atom. The number of nitrogens with zero attached hydrogens (tertiary/aromatic N) is 1. The lowest BCUT2D eigenvalue weighted by Crippen LogP contribution is -2.14. The van der Waals surface area contributed by atoms with Gasteiger partial charge >= 0.3 is 0 Å². The maximum Gasteiger partial charge on any atom is 0.275 e. The van der Waals surface area contributed by atoms with Gasteiger partial charge in [0.2, 0.25) is 0 Å². The summed E-state index contributed by atoms with van der Waals surface area (Å²) in [6.07, 6.45) is 0. The minimum atomic E-state index is -0.224. The van der Waals surface area contributed by atoms with E-state index in [1.165, 1.54) is 0 Å². The van der Waals surface area contributed by atoms with Gasteiger partial charge < -0.3 is 5.32 Å². The first kappa shape index (κ1) is 14.3. The second-order valence-electron chi connectivity index (χ2n) is 4.96. The molecule has 0 bridgehead atoms. The molecule has 0 fully saturated rings. The van der Waals surface area contributed by atoms with E-state index in [-0.39, 0.29) is 5.91 Å². The summed E-state index contributed by atoms with van der Waals surface area (Å²) in [7, 11) is 0. The average Bonchev–Trinajstić information content (AvgIpc) is 2.74. The van der Waals surface area contributed by atoms with E-state index < -0.39 is 0 Å². The molecule has 3 rings (SSSR count). The number of para-hydroxylation sites is 1. The molecule has 2 aromatic carbocycles. The molecule has 1 amide bonds. The molecular weight excluding hydrogens is 352 g/mol. The van der Waals surface area contributed by atoms with Crippen LogP contribution in [0.15, 0.2) is 39.8 Å². The Morgan fingerprint density at radius 3 is 2.71 bits per heavy atom. The molecule has 106 valence electrons. The number of halogens is 2. The maximum atomic E-state index is 12.1. The van der Waals surface area contributed by atoms with Crippen LogP contribution in [0.1, 0.15) is 16.7 Å². The Hall–Kier alpha value is -1.65. The number of nitrogens with one attached hydrogen (secondary N) is 1. The van der Waals surface area contributed by atoms with Crippen molar-refractivity contribution in [3.05, 3.63) is 56.5 Å². The monoisotopic (exact) mass is 362 g/mol. The second kappa shape index (κ2) is 5.28. The predicted molar refractivity (Wildman–Crippen MR) is 89.9 cm³/mol. The number of aryl methyl sites for hydroxylation is 2. The number of carbonyl (C=O) groups excluding carboxylic acids is 1.